The lowest BCUT2D eigenvalue weighted by molar-refractivity contribution is 1.07. The fourth-order valence-electron chi connectivity index (χ4n) is 10.2. The summed E-state index contributed by atoms with van der Waals surface area (Å²) in [5.74, 6) is 0.600. The minimum Gasteiger partial charge on any atom is -0.309 e. The van der Waals surface area contributed by atoms with Gasteiger partial charge in [-0.15, -0.1) is 11.3 Å². The zero-order chi connectivity index (χ0) is 49.8. The second-order valence-corrected chi connectivity index (χ2v) is 18.2. The molecule has 0 N–H and O–H groups in total. The molecule has 14 rings (SSSR count). The van der Waals surface area contributed by atoms with Crippen molar-refractivity contribution < 1.29 is 6.85 Å². The Labute approximate surface area is 408 Å². The largest absolute Gasteiger partial charge is 0.309 e. The molecule has 0 spiro atoms. The highest BCUT2D eigenvalue weighted by Crippen LogP contribution is 2.47. The lowest BCUT2D eigenvalue weighted by atomic mass is 9.97. The van der Waals surface area contributed by atoms with Gasteiger partial charge in [-0.05, 0) is 76.9 Å². The fraction of sp³-hybridized carbons (Fsp3) is 0. The van der Waals surface area contributed by atoms with E-state index in [1.165, 1.54) is 0 Å². The SMILES string of the molecule is [2H]c1c([2H])c([2H])c(-c2nc(-c3ccccc3)nc(-c3cc(-n4c5ccccc5c5c6c7ccccc7n(-c7ccccc7)c6ccc54)cc4c3sc3c(-c5cccc(-c6ccccc6)c5)cccc34)n2)c([2H])c1[2H]. The van der Waals surface area contributed by atoms with Crippen LogP contribution in [0.15, 0.2) is 236 Å². The monoisotopic (exact) mass is 902 g/mol. The Kier molecular flexibility index (Phi) is 7.89. The third kappa shape index (κ3) is 6.34. The summed E-state index contributed by atoms with van der Waals surface area (Å²) in [7, 11) is 0. The molecule has 0 saturated heterocycles. The van der Waals surface area contributed by atoms with Crippen LogP contribution in [0, 0.1) is 0 Å². The molecular weight excluding hydrogens is 859 g/mol. The summed E-state index contributed by atoms with van der Waals surface area (Å²) in [5.41, 5.74) is 12.0. The van der Waals surface area contributed by atoms with Crippen LogP contribution < -0.4 is 0 Å². The van der Waals surface area contributed by atoms with Gasteiger partial charge in [0.25, 0.3) is 0 Å². The summed E-state index contributed by atoms with van der Waals surface area (Å²) in [6, 6.07) is 69.5. The molecule has 0 amide bonds. The third-order valence-corrected chi connectivity index (χ3v) is 14.5. The first kappa shape index (κ1) is 34.4. The normalized spacial score (nSPS) is 12.8. The van der Waals surface area contributed by atoms with Crippen LogP contribution in [0.5, 0.6) is 0 Å². The van der Waals surface area contributed by atoms with Crippen molar-refractivity contribution in [1.82, 2.24) is 24.1 Å². The molecule has 0 aliphatic heterocycles. The number of thiophene rings is 1. The molecule has 0 saturated carbocycles. The molecule has 10 aromatic carbocycles. The molecule has 0 atom stereocenters. The van der Waals surface area contributed by atoms with Gasteiger partial charge in [0, 0.05) is 69.8 Å². The number of rotatable bonds is 7. The number of para-hydroxylation sites is 3. The van der Waals surface area contributed by atoms with Crippen LogP contribution in [-0.2, 0) is 0 Å². The molecule has 4 aromatic heterocycles. The molecule has 0 aliphatic rings. The fourth-order valence-corrected chi connectivity index (χ4v) is 11.6. The van der Waals surface area contributed by atoms with Crippen molar-refractivity contribution in [3.8, 4) is 67.8 Å². The topological polar surface area (TPSA) is 48.5 Å². The molecule has 0 aliphatic carbocycles. The lowest BCUT2D eigenvalue weighted by Crippen LogP contribution is -2.01. The molecule has 69 heavy (non-hydrogen) atoms. The number of nitrogens with zero attached hydrogens (tertiary/aromatic N) is 5. The van der Waals surface area contributed by atoms with Gasteiger partial charge in [-0.25, -0.2) is 15.0 Å². The number of benzene rings is 10. The average Bonchev–Trinajstić information content (AvgIpc) is 4.12. The van der Waals surface area contributed by atoms with Crippen LogP contribution >= 0.6 is 11.3 Å². The maximum atomic E-state index is 9.07. The maximum Gasteiger partial charge on any atom is 0.165 e. The first-order valence-electron chi connectivity index (χ1n) is 25.4. The maximum absolute atomic E-state index is 9.07. The van der Waals surface area contributed by atoms with Gasteiger partial charge in [-0.3, -0.25) is 0 Å². The van der Waals surface area contributed by atoms with Crippen LogP contribution in [0.1, 0.15) is 6.85 Å². The molecule has 5 nitrogen and oxygen atoms in total. The highest BCUT2D eigenvalue weighted by Gasteiger charge is 2.24. The van der Waals surface area contributed by atoms with Crippen molar-refractivity contribution in [3.63, 3.8) is 0 Å². The minimum absolute atomic E-state index is 0.0157. The average molecular weight is 903 g/mol. The third-order valence-electron chi connectivity index (χ3n) is 13.2. The van der Waals surface area contributed by atoms with Crippen molar-refractivity contribution in [3.05, 3.63) is 236 Å². The predicted octanol–water partition coefficient (Wildman–Crippen LogP) is 16.8. The van der Waals surface area contributed by atoms with Crippen LogP contribution in [0.25, 0.3) is 132 Å². The van der Waals surface area contributed by atoms with E-state index in [1.807, 2.05) is 42.5 Å². The van der Waals surface area contributed by atoms with Gasteiger partial charge in [0.15, 0.2) is 17.5 Å². The van der Waals surface area contributed by atoms with Crippen LogP contribution in [0.3, 0.4) is 0 Å². The first-order valence-corrected chi connectivity index (χ1v) is 23.7. The van der Waals surface area contributed by atoms with Crippen molar-refractivity contribution in [2.24, 2.45) is 0 Å². The van der Waals surface area contributed by atoms with E-state index in [0.29, 0.717) is 22.8 Å². The molecular formula is C63H39N5S. The highest BCUT2D eigenvalue weighted by molar-refractivity contribution is 7.26. The van der Waals surface area contributed by atoms with Gasteiger partial charge in [-0.1, -0.05) is 182 Å². The van der Waals surface area contributed by atoms with E-state index in [4.69, 9.17) is 21.8 Å². The van der Waals surface area contributed by atoms with Crippen LogP contribution in [0.4, 0.5) is 0 Å². The molecule has 0 bridgehead atoms. The Morgan fingerprint density at radius 2 is 0.855 bits per heavy atom. The Morgan fingerprint density at radius 3 is 1.55 bits per heavy atom. The number of hydrogen-bond donors (Lipinski definition) is 0. The predicted molar refractivity (Wildman–Crippen MR) is 289 cm³/mol. The number of hydrogen-bond acceptors (Lipinski definition) is 4. The van der Waals surface area contributed by atoms with E-state index in [-0.39, 0.29) is 23.5 Å². The van der Waals surface area contributed by atoms with Crippen LogP contribution in [0.2, 0.25) is 0 Å². The molecule has 0 unspecified atom stereocenters. The van der Waals surface area contributed by atoms with Crippen LogP contribution in [-0.4, -0.2) is 24.1 Å². The van der Waals surface area contributed by atoms with E-state index in [2.05, 4.69) is 173 Å². The lowest BCUT2D eigenvalue weighted by Gasteiger charge is -2.13. The summed E-state index contributed by atoms with van der Waals surface area (Å²) in [6.07, 6.45) is 0. The standard InChI is InChI=1S/C63H39N5S/c1-5-19-40(20-6-1)43-25-17-26-44(37-43)47-31-18-32-48-51-38-46(39-52(60(51)69-59(47)48)63-65-61(41-21-7-2-8-22-41)64-62(66-63)42-23-9-3-10-24-42)68-54-34-16-14-30-50(54)58-56(68)36-35-55-57(58)49-29-13-15-33-53(49)67(55)45-27-11-4-12-28-45/h1-39H/i2D,7D,8D,21D,22D. The number of aromatic nitrogens is 5. The van der Waals surface area contributed by atoms with Crippen molar-refractivity contribution in [2.45, 2.75) is 0 Å². The zero-order valence-electron chi connectivity index (χ0n) is 41.8. The molecule has 0 fully saturated rings. The smallest absolute Gasteiger partial charge is 0.165 e. The van der Waals surface area contributed by atoms with E-state index < -0.39 is 18.1 Å². The van der Waals surface area contributed by atoms with Crippen molar-refractivity contribution in [2.75, 3.05) is 0 Å². The molecule has 14 aromatic rings. The highest BCUT2D eigenvalue weighted by atomic mass is 32.1. The summed E-state index contributed by atoms with van der Waals surface area (Å²) < 4.78 is 50.5. The van der Waals surface area contributed by atoms with E-state index in [9.17, 15) is 0 Å². The Morgan fingerprint density at radius 1 is 0.333 bits per heavy atom. The van der Waals surface area contributed by atoms with E-state index in [0.717, 1.165) is 97.4 Å². The van der Waals surface area contributed by atoms with E-state index >= 15 is 0 Å². The summed E-state index contributed by atoms with van der Waals surface area (Å²) in [5, 5.41) is 6.62. The second kappa shape index (κ2) is 15.8. The summed E-state index contributed by atoms with van der Waals surface area (Å²) in [4.78, 5) is 15.3. The summed E-state index contributed by atoms with van der Waals surface area (Å²) in [6.45, 7) is 0. The van der Waals surface area contributed by atoms with E-state index in [1.54, 1.807) is 11.3 Å². The molecule has 6 heteroatoms. The molecule has 322 valence electrons. The number of fused-ring (bicyclic) bond motifs is 10. The Bertz CT molecular complexity index is 4580. The molecule has 0 radical (unpaired) electrons. The zero-order valence-corrected chi connectivity index (χ0v) is 37.6. The quantitative estimate of drug-likeness (QED) is 0.160. The van der Waals surface area contributed by atoms with Crippen molar-refractivity contribution in [1.29, 1.82) is 0 Å². The first-order chi connectivity index (χ1) is 36.3. The minimum atomic E-state index is -0.487. The molecule has 4 heterocycles. The second-order valence-electron chi connectivity index (χ2n) is 17.2. The summed E-state index contributed by atoms with van der Waals surface area (Å²) >= 11 is 1.67. The van der Waals surface area contributed by atoms with Crippen molar-refractivity contribution >= 4 is 75.1 Å². The Balaban J connectivity index is 1.10. The van der Waals surface area contributed by atoms with Gasteiger partial charge in [0.2, 0.25) is 0 Å². The van der Waals surface area contributed by atoms with Gasteiger partial charge in [0.1, 0.15) is 0 Å². The van der Waals surface area contributed by atoms with Gasteiger partial charge in [0.05, 0.1) is 28.9 Å². The Hall–Kier alpha value is -8.97. The van der Waals surface area contributed by atoms with Gasteiger partial charge in [-0.2, -0.15) is 0 Å². The van der Waals surface area contributed by atoms with Gasteiger partial charge >= 0.3 is 0 Å². The van der Waals surface area contributed by atoms with Gasteiger partial charge < -0.3 is 9.13 Å².